The van der Waals surface area contributed by atoms with Crippen LogP contribution in [-0.4, -0.2) is 4.99 Å². The Morgan fingerprint density at radius 3 is 2.45 bits per heavy atom. The van der Waals surface area contributed by atoms with E-state index in [1.165, 1.54) is 38.5 Å². The van der Waals surface area contributed by atoms with Gasteiger partial charge in [0, 0.05) is 5.92 Å². The minimum atomic E-state index is 0.589. The minimum Gasteiger partial charge on any atom is -0.393 e. The van der Waals surface area contributed by atoms with Crippen LogP contribution in [-0.2, 0) is 0 Å². The molecule has 62 valence electrons. The van der Waals surface area contributed by atoms with Gasteiger partial charge < -0.3 is 5.73 Å². The lowest BCUT2D eigenvalue weighted by atomic mass is 9.76. The summed E-state index contributed by atoms with van der Waals surface area (Å²) in [6, 6.07) is 0. The first-order valence-electron chi connectivity index (χ1n) is 4.54. The molecule has 2 saturated carbocycles. The lowest BCUT2D eigenvalue weighted by Crippen LogP contribution is -2.32. The van der Waals surface area contributed by atoms with Gasteiger partial charge in [0.1, 0.15) is 0 Å². The molecule has 0 radical (unpaired) electrons. The van der Waals surface area contributed by atoms with Crippen molar-refractivity contribution in [3.05, 3.63) is 0 Å². The first-order chi connectivity index (χ1) is 5.25. The van der Waals surface area contributed by atoms with E-state index in [-0.39, 0.29) is 0 Å². The summed E-state index contributed by atoms with van der Waals surface area (Å²) in [6.07, 6.45) is 8.15. The maximum Gasteiger partial charge on any atom is 0.0764 e. The molecule has 2 fully saturated rings. The molecule has 0 aromatic rings. The highest BCUT2D eigenvalue weighted by molar-refractivity contribution is 7.80. The molecular weight excluding hydrogens is 154 g/mol. The molecule has 2 heteroatoms. The standard InChI is InChI=1S/C9H15NS/c10-8(11)7-3-1-2-4-9(7)5-6-9/h7H,1-6H2,(H2,10,11)/t7-/m1/s1. The van der Waals surface area contributed by atoms with Crippen molar-refractivity contribution in [3.63, 3.8) is 0 Å². The molecule has 2 rings (SSSR count). The van der Waals surface area contributed by atoms with E-state index in [9.17, 15) is 0 Å². The minimum absolute atomic E-state index is 0.589. The van der Waals surface area contributed by atoms with Crippen LogP contribution >= 0.6 is 12.2 Å². The van der Waals surface area contributed by atoms with Crippen molar-refractivity contribution in [2.45, 2.75) is 38.5 Å². The lowest BCUT2D eigenvalue weighted by Gasteiger charge is -2.30. The van der Waals surface area contributed by atoms with Crippen LogP contribution in [0.25, 0.3) is 0 Å². The molecule has 1 spiro atoms. The Hall–Kier alpha value is -0.110. The number of hydrogen-bond acceptors (Lipinski definition) is 1. The molecular formula is C9H15NS. The topological polar surface area (TPSA) is 26.0 Å². The van der Waals surface area contributed by atoms with Crippen LogP contribution in [0.1, 0.15) is 38.5 Å². The first kappa shape index (κ1) is 7.53. The van der Waals surface area contributed by atoms with E-state index in [0.717, 1.165) is 4.99 Å². The Kier molecular flexibility index (Phi) is 1.67. The zero-order chi connectivity index (χ0) is 7.90. The van der Waals surface area contributed by atoms with Crippen molar-refractivity contribution in [2.75, 3.05) is 0 Å². The Morgan fingerprint density at radius 2 is 2.00 bits per heavy atom. The molecule has 2 aliphatic rings. The Labute approximate surface area is 73.3 Å². The van der Waals surface area contributed by atoms with Crippen LogP contribution in [0.3, 0.4) is 0 Å². The van der Waals surface area contributed by atoms with Gasteiger partial charge in [-0.05, 0) is 31.1 Å². The van der Waals surface area contributed by atoms with Gasteiger partial charge in [-0.15, -0.1) is 0 Å². The number of rotatable bonds is 1. The molecule has 0 bridgehead atoms. The largest absolute Gasteiger partial charge is 0.393 e. The van der Waals surface area contributed by atoms with Gasteiger partial charge >= 0.3 is 0 Å². The van der Waals surface area contributed by atoms with Crippen LogP contribution in [0.15, 0.2) is 0 Å². The van der Waals surface area contributed by atoms with E-state index >= 15 is 0 Å². The van der Waals surface area contributed by atoms with Crippen LogP contribution in [0, 0.1) is 11.3 Å². The van der Waals surface area contributed by atoms with Crippen molar-refractivity contribution < 1.29 is 0 Å². The van der Waals surface area contributed by atoms with Crippen molar-refractivity contribution in [2.24, 2.45) is 17.1 Å². The Balaban J connectivity index is 2.10. The SMILES string of the molecule is NC(=S)[C@H]1CCCCC12CC2. The smallest absolute Gasteiger partial charge is 0.0764 e. The summed E-state index contributed by atoms with van der Waals surface area (Å²) in [7, 11) is 0. The van der Waals surface area contributed by atoms with Gasteiger partial charge in [-0.3, -0.25) is 0 Å². The number of hydrogen-bond donors (Lipinski definition) is 1. The molecule has 0 aromatic heterocycles. The van der Waals surface area contributed by atoms with Gasteiger partial charge in [0.15, 0.2) is 0 Å². The second-order valence-corrected chi connectivity index (χ2v) is 4.53. The molecule has 0 aliphatic heterocycles. The van der Waals surface area contributed by atoms with Crippen molar-refractivity contribution >= 4 is 17.2 Å². The summed E-state index contributed by atoms with van der Waals surface area (Å²) in [5.41, 5.74) is 6.32. The van der Waals surface area contributed by atoms with Gasteiger partial charge in [0.25, 0.3) is 0 Å². The Bertz CT molecular complexity index is 184. The average molecular weight is 169 g/mol. The van der Waals surface area contributed by atoms with Crippen molar-refractivity contribution in [1.82, 2.24) is 0 Å². The van der Waals surface area contributed by atoms with Crippen LogP contribution < -0.4 is 5.73 Å². The summed E-state index contributed by atoms with van der Waals surface area (Å²) >= 11 is 5.08. The summed E-state index contributed by atoms with van der Waals surface area (Å²) < 4.78 is 0. The highest BCUT2D eigenvalue weighted by Crippen LogP contribution is 2.59. The normalized spacial score (nSPS) is 33.6. The quantitative estimate of drug-likeness (QED) is 0.609. The van der Waals surface area contributed by atoms with Crippen molar-refractivity contribution in [3.8, 4) is 0 Å². The van der Waals surface area contributed by atoms with Gasteiger partial charge in [-0.2, -0.15) is 0 Å². The number of thiocarbonyl (C=S) groups is 1. The third-order valence-corrected chi connectivity index (χ3v) is 3.68. The van der Waals surface area contributed by atoms with Crippen molar-refractivity contribution in [1.29, 1.82) is 0 Å². The fourth-order valence-corrected chi connectivity index (χ4v) is 2.88. The third-order valence-electron chi connectivity index (χ3n) is 3.39. The first-order valence-corrected chi connectivity index (χ1v) is 4.95. The molecule has 2 N–H and O–H groups in total. The van der Waals surface area contributed by atoms with E-state index in [1.807, 2.05) is 0 Å². The van der Waals surface area contributed by atoms with Crippen LogP contribution in [0.4, 0.5) is 0 Å². The van der Waals surface area contributed by atoms with Crippen LogP contribution in [0.5, 0.6) is 0 Å². The predicted molar refractivity (Wildman–Crippen MR) is 50.4 cm³/mol. The van der Waals surface area contributed by atoms with E-state index < -0.39 is 0 Å². The monoisotopic (exact) mass is 169 g/mol. The van der Waals surface area contributed by atoms with Crippen LogP contribution in [0.2, 0.25) is 0 Å². The molecule has 0 unspecified atom stereocenters. The summed E-state index contributed by atoms with van der Waals surface area (Å²) in [5.74, 6) is 0.589. The van der Waals surface area contributed by atoms with Gasteiger partial charge in [-0.1, -0.05) is 25.1 Å². The zero-order valence-electron chi connectivity index (χ0n) is 6.81. The lowest BCUT2D eigenvalue weighted by molar-refractivity contribution is 0.278. The molecule has 1 nitrogen and oxygen atoms in total. The third kappa shape index (κ3) is 1.18. The van der Waals surface area contributed by atoms with E-state index in [2.05, 4.69) is 0 Å². The maximum atomic E-state index is 5.71. The van der Waals surface area contributed by atoms with E-state index in [4.69, 9.17) is 18.0 Å². The maximum absolute atomic E-state index is 5.71. The molecule has 0 amide bonds. The fraction of sp³-hybridized carbons (Fsp3) is 0.889. The fourth-order valence-electron chi connectivity index (χ4n) is 2.51. The molecule has 2 aliphatic carbocycles. The molecule has 0 aromatic carbocycles. The van der Waals surface area contributed by atoms with Gasteiger partial charge in [0.2, 0.25) is 0 Å². The molecule has 0 saturated heterocycles. The second kappa shape index (κ2) is 2.44. The molecule has 11 heavy (non-hydrogen) atoms. The highest BCUT2D eigenvalue weighted by atomic mass is 32.1. The zero-order valence-corrected chi connectivity index (χ0v) is 7.62. The number of nitrogens with two attached hydrogens (primary N) is 1. The average Bonchev–Trinajstić information content (AvgIpc) is 2.70. The van der Waals surface area contributed by atoms with Gasteiger partial charge in [0.05, 0.1) is 4.99 Å². The molecule has 1 atom stereocenters. The van der Waals surface area contributed by atoms with E-state index in [0.29, 0.717) is 11.3 Å². The summed E-state index contributed by atoms with van der Waals surface area (Å²) in [6.45, 7) is 0. The molecule has 0 heterocycles. The summed E-state index contributed by atoms with van der Waals surface area (Å²) in [5, 5.41) is 0. The van der Waals surface area contributed by atoms with E-state index in [1.54, 1.807) is 0 Å². The summed E-state index contributed by atoms with van der Waals surface area (Å²) in [4.78, 5) is 0.780. The highest BCUT2D eigenvalue weighted by Gasteiger charge is 2.50. The Morgan fingerprint density at radius 1 is 1.27 bits per heavy atom. The second-order valence-electron chi connectivity index (χ2n) is 4.06. The van der Waals surface area contributed by atoms with Gasteiger partial charge in [-0.25, -0.2) is 0 Å². The predicted octanol–water partition coefficient (Wildman–Crippen LogP) is 2.24.